The van der Waals surface area contributed by atoms with Crippen LogP contribution in [0.4, 0.5) is 0 Å². The van der Waals surface area contributed by atoms with Crippen LogP contribution in [0.25, 0.3) is 0 Å². The minimum Gasteiger partial charge on any atom is -0.388 e. The molecular formula is C8H17NO4S. The van der Waals surface area contributed by atoms with E-state index in [0.29, 0.717) is 6.42 Å². The fraction of sp³-hybridized carbons (Fsp3) is 1.00. The van der Waals surface area contributed by atoms with E-state index in [1.165, 1.54) is 0 Å². The maximum absolute atomic E-state index is 10.8. The van der Waals surface area contributed by atoms with E-state index in [1.807, 2.05) is 11.9 Å². The summed E-state index contributed by atoms with van der Waals surface area (Å²) in [6.07, 6.45) is 1.65. The molecular weight excluding hydrogens is 206 g/mol. The first kappa shape index (κ1) is 11.9. The van der Waals surface area contributed by atoms with Crippen molar-refractivity contribution in [3.8, 4) is 0 Å². The Morgan fingerprint density at radius 2 is 2.21 bits per heavy atom. The number of aliphatic hydroxyl groups is 1. The van der Waals surface area contributed by atoms with Gasteiger partial charge in [0.15, 0.2) is 0 Å². The summed E-state index contributed by atoms with van der Waals surface area (Å²) in [6.45, 7) is 2.47. The van der Waals surface area contributed by atoms with E-state index in [2.05, 4.69) is 4.18 Å². The Kier molecular flexibility index (Phi) is 3.20. The summed E-state index contributed by atoms with van der Waals surface area (Å²) in [6, 6.07) is -0.253. The summed E-state index contributed by atoms with van der Waals surface area (Å²) in [5.41, 5.74) is -0.862. The van der Waals surface area contributed by atoms with E-state index in [-0.39, 0.29) is 12.6 Å². The summed E-state index contributed by atoms with van der Waals surface area (Å²) in [7, 11) is -1.58. The molecule has 1 aliphatic rings. The molecule has 2 unspecified atom stereocenters. The van der Waals surface area contributed by atoms with Crippen LogP contribution in [0.15, 0.2) is 0 Å². The third kappa shape index (κ3) is 2.91. The van der Waals surface area contributed by atoms with Gasteiger partial charge in [0, 0.05) is 6.54 Å². The van der Waals surface area contributed by atoms with Crippen molar-refractivity contribution in [3.05, 3.63) is 0 Å². The SMILES string of the molecule is CN1CCC(C)(O)C1COS(C)(=O)=O. The Bertz CT molecular complexity index is 298. The third-order valence-electron chi connectivity index (χ3n) is 2.66. The van der Waals surface area contributed by atoms with Gasteiger partial charge in [-0.3, -0.25) is 9.08 Å². The molecule has 0 aliphatic carbocycles. The van der Waals surface area contributed by atoms with Gasteiger partial charge in [0.1, 0.15) is 0 Å². The van der Waals surface area contributed by atoms with Gasteiger partial charge in [0.2, 0.25) is 0 Å². The van der Waals surface area contributed by atoms with Crippen LogP contribution >= 0.6 is 0 Å². The quantitative estimate of drug-likeness (QED) is 0.648. The monoisotopic (exact) mass is 223 g/mol. The molecule has 0 amide bonds. The second-order valence-electron chi connectivity index (χ2n) is 4.09. The predicted molar refractivity (Wildman–Crippen MR) is 52.5 cm³/mol. The first-order chi connectivity index (χ1) is 6.22. The van der Waals surface area contributed by atoms with Gasteiger partial charge in [-0.15, -0.1) is 0 Å². The summed E-state index contributed by atoms with van der Waals surface area (Å²) in [5, 5.41) is 9.90. The van der Waals surface area contributed by atoms with Crippen LogP contribution in [0.3, 0.4) is 0 Å². The largest absolute Gasteiger partial charge is 0.388 e. The first-order valence-electron chi connectivity index (χ1n) is 4.49. The van der Waals surface area contributed by atoms with Crippen molar-refractivity contribution in [2.24, 2.45) is 0 Å². The van der Waals surface area contributed by atoms with Crippen molar-refractivity contribution in [3.63, 3.8) is 0 Å². The number of nitrogens with zero attached hydrogens (tertiary/aromatic N) is 1. The van der Waals surface area contributed by atoms with Crippen molar-refractivity contribution in [1.29, 1.82) is 0 Å². The molecule has 0 radical (unpaired) electrons. The molecule has 0 aromatic heterocycles. The molecule has 5 nitrogen and oxygen atoms in total. The lowest BCUT2D eigenvalue weighted by atomic mass is 9.98. The maximum atomic E-state index is 10.8. The van der Waals surface area contributed by atoms with Crippen LogP contribution in [0.2, 0.25) is 0 Å². The summed E-state index contributed by atoms with van der Waals surface area (Å²) in [4.78, 5) is 1.91. The number of hydrogen-bond acceptors (Lipinski definition) is 5. The Morgan fingerprint density at radius 3 is 2.57 bits per heavy atom. The second-order valence-corrected chi connectivity index (χ2v) is 5.74. The molecule has 0 aromatic rings. The average Bonchev–Trinajstić information content (AvgIpc) is 2.22. The van der Waals surface area contributed by atoms with Crippen LogP contribution in [0.5, 0.6) is 0 Å². The zero-order chi connectivity index (χ0) is 11.0. The minimum absolute atomic E-state index is 0.0162. The van der Waals surface area contributed by atoms with E-state index in [0.717, 1.165) is 12.8 Å². The number of likely N-dealkylation sites (N-methyl/N-ethyl adjacent to an activating group) is 1. The second kappa shape index (κ2) is 3.77. The van der Waals surface area contributed by atoms with Gasteiger partial charge < -0.3 is 5.11 Å². The van der Waals surface area contributed by atoms with Crippen LogP contribution < -0.4 is 0 Å². The summed E-state index contributed by atoms with van der Waals surface area (Å²) in [5.74, 6) is 0. The molecule has 84 valence electrons. The molecule has 1 rings (SSSR count). The van der Waals surface area contributed by atoms with E-state index < -0.39 is 15.7 Å². The Hall–Kier alpha value is -0.170. The van der Waals surface area contributed by atoms with Gasteiger partial charge in [0.25, 0.3) is 10.1 Å². The van der Waals surface area contributed by atoms with Gasteiger partial charge in [0.05, 0.1) is 24.5 Å². The molecule has 0 aromatic carbocycles. The zero-order valence-corrected chi connectivity index (χ0v) is 9.54. The van der Waals surface area contributed by atoms with Gasteiger partial charge in [-0.05, 0) is 20.4 Å². The van der Waals surface area contributed by atoms with Gasteiger partial charge in [-0.25, -0.2) is 0 Å². The van der Waals surface area contributed by atoms with Crippen LogP contribution in [0.1, 0.15) is 13.3 Å². The molecule has 1 fully saturated rings. The lowest BCUT2D eigenvalue weighted by molar-refractivity contribution is 0.00750. The standard InChI is InChI=1S/C8H17NO4S/c1-8(10)4-5-9(2)7(8)6-13-14(3,11)12/h7,10H,4-6H2,1-3H3. The van der Waals surface area contributed by atoms with Gasteiger partial charge in [-0.2, -0.15) is 8.42 Å². The topological polar surface area (TPSA) is 66.8 Å². The third-order valence-corrected chi connectivity index (χ3v) is 3.22. The van der Waals surface area contributed by atoms with Crippen molar-refractivity contribution in [2.45, 2.75) is 25.0 Å². The predicted octanol–water partition coefficient (Wildman–Crippen LogP) is -0.582. The normalized spacial score (nSPS) is 35.0. The number of likely N-dealkylation sites (tertiary alicyclic amines) is 1. The van der Waals surface area contributed by atoms with Crippen molar-refractivity contribution < 1.29 is 17.7 Å². The van der Waals surface area contributed by atoms with Crippen molar-refractivity contribution in [1.82, 2.24) is 4.90 Å². The Labute approximate surface area is 84.8 Å². The molecule has 0 bridgehead atoms. The molecule has 1 saturated heterocycles. The fourth-order valence-electron chi connectivity index (χ4n) is 1.69. The average molecular weight is 223 g/mol. The Morgan fingerprint density at radius 1 is 1.64 bits per heavy atom. The number of hydrogen-bond donors (Lipinski definition) is 1. The highest BCUT2D eigenvalue weighted by molar-refractivity contribution is 7.85. The van der Waals surface area contributed by atoms with Gasteiger partial charge >= 0.3 is 0 Å². The molecule has 1 N–H and O–H groups in total. The van der Waals surface area contributed by atoms with Gasteiger partial charge in [-0.1, -0.05) is 0 Å². The summed E-state index contributed by atoms with van der Waals surface area (Å²) >= 11 is 0. The van der Waals surface area contributed by atoms with Crippen LogP contribution in [-0.4, -0.2) is 56.5 Å². The van der Waals surface area contributed by atoms with E-state index in [9.17, 15) is 13.5 Å². The fourth-order valence-corrected chi connectivity index (χ4v) is 2.07. The van der Waals surface area contributed by atoms with Crippen LogP contribution in [-0.2, 0) is 14.3 Å². The lowest BCUT2D eigenvalue weighted by Gasteiger charge is -2.28. The first-order valence-corrected chi connectivity index (χ1v) is 6.31. The highest BCUT2D eigenvalue weighted by Crippen LogP contribution is 2.27. The molecule has 2 atom stereocenters. The Balaban J connectivity index is 2.59. The van der Waals surface area contributed by atoms with Crippen molar-refractivity contribution in [2.75, 3.05) is 26.5 Å². The molecule has 1 heterocycles. The lowest BCUT2D eigenvalue weighted by Crippen LogP contribution is -2.44. The maximum Gasteiger partial charge on any atom is 0.264 e. The molecule has 1 aliphatic heterocycles. The van der Waals surface area contributed by atoms with E-state index >= 15 is 0 Å². The summed E-state index contributed by atoms with van der Waals surface area (Å²) < 4.78 is 26.3. The molecule has 6 heteroatoms. The smallest absolute Gasteiger partial charge is 0.264 e. The minimum atomic E-state index is -3.42. The van der Waals surface area contributed by atoms with E-state index in [1.54, 1.807) is 6.92 Å². The molecule has 14 heavy (non-hydrogen) atoms. The highest BCUT2D eigenvalue weighted by atomic mass is 32.2. The highest BCUT2D eigenvalue weighted by Gasteiger charge is 2.41. The molecule has 0 spiro atoms. The molecule has 0 saturated carbocycles. The van der Waals surface area contributed by atoms with Crippen molar-refractivity contribution >= 4 is 10.1 Å². The van der Waals surface area contributed by atoms with E-state index in [4.69, 9.17) is 0 Å². The van der Waals surface area contributed by atoms with Crippen LogP contribution in [0, 0.1) is 0 Å². The number of rotatable bonds is 3. The zero-order valence-electron chi connectivity index (χ0n) is 8.73.